The largest absolute Gasteiger partial charge is 0.385 e. The fourth-order valence-corrected chi connectivity index (χ4v) is 4.51. The van der Waals surface area contributed by atoms with Crippen molar-refractivity contribution >= 4 is 28.8 Å². The van der Waals surface area contributed by atoms with Gasteiger partial charge < -0.3 is 16.8 Å². The standard InChI is InChI=1S/C20H19Cl2N3/c21-13-7-8-14(17(22)10-13)18-15(11-23)19(24)25-20-9-2-1-4-12(20)5-3-6-16(18)20/h1-2,4-5,7-10,25H,3,6,11,23-24H2. The first-order chi connectivity index (χ1) is 12.1. The second-order valence-corrected chi connectivity index (χ2v) is 7.27. The van der Waals surface area contributed by atoms with Crippen LogP contribution < -0.4 is 16.8 Å². The van der Waals surface area contributed by atoms with E-state index in [-0.39, 0.29) is 0 Å². The molecule has 0 saturated heterocycles. The summed E-state index contributed by atoms with van der Waals surface area (Å²) in [7, 11) is 0. The molecule has 25 heavy (non-hydrogen) atoms. The van der Waals surface area contributed by atoms with Crippen molar-refractivity contribution in [3.63, 3.8) is 0 Å². The third kappa shape index (κ3) is 2.46. The minimum atomic E-state index is -0.423. The number of rotatable bonds is 2. The molecule has 0 radical (unpaired) electrons. The van der Waals surface area contributed by atoms with E-state index in [0.29, 0.717) is 22.4 Å². The van der Waals surface area contributed by atoms with E-state index in [1.54, 1.807) is 6.07 Å². The molecule has 0 bridgehead atoms. The number of nitrogens with two attached hydrogens (primary N) is 2. The molecule has 1 aromatic carbocycles. The Morgan fingerprint density at radius 2 is 2.04 bits per heavy atom. The molecule has 2 aliphatic carbocycles. The Kier molecular flexibility index (Phi) is 4.03. The van der Waals surface area contributed by atoms with Crippen LogP contribution in [0.2, 0.25) is 10.0 Å². The zero-order chi connectivity index (χ0) is 17.6. The van der Waals surface area contributed by atoms with Crippen LogP contribution in [0.5, 0.6) is 0 Å². The molecule has 1 aliphatic heterocycles. The maximum atomic E-state index is 6.55. The molecule has 4 rings (SSSR count). The Morgan fingerprint density at radius 3 is 2.80 bits per heavy atom. The summed E-state index contributed by atoms with van der Waals surface area (Å²) >= 11 is 12.6. The van der Waals surface area contributed by atoms with E-state index in [1.165, 1.54) is 11.1 Å². The lowest BCUT2D eigenvalue weighted by Gasteiger charge is -2.45. The van der Waals surface area contributed by atoms with Gasteiger partial charge in [-0.1, -0.05) is 59.6 Å². The molecule has 0 fully saturated rings. The summed E-state index contributed by atoms with van der Waals surface area (Å²) in [6, 6.07) is 5.57. The molecule has 3 aliphatic rings. The Balaban J connectivity index is 2.03. The first-order valence-corrected chi connectivity index (χ1v) is 9.05. The lowest BCUT2D eigenvalue weighted by atomic mass is 9.68. The topological polar surface area (TPSA) is 64.1 Å². The Bertz CT molecular complexity index is 906. The number of dihydropyridines is 1. The first kappa shape index (κ1) is 16.5. The highest BCUT2D eigenvalue weighted by molar-refractivity contribution is 6.36. The molecule has 5 N–H and O–H groups in total. The van der Waals surface area contributed by atoms with Crippen molar-refractivity contribution in [1.82, 2.24) is 5.32 Å². The molecule has 0 aromatic heterocycles. The summed E-state index contributed by atoms with van der Waals surface area (Å²) in [5, 5.41) is 4.73. The van der Waals surface area contributed by atoms with E-state index in [2.05, 4.69) is 35.7 Å². The van der Waals surface area contributed by atoms with Gasteiger partial charge in [0.2, 0.25) is 0 Å². The predicted octanol–water partition coefficient (Wildman–Crippen LogP) is 4.06. The van der Waals surface area contributed by atoms with E-state index < -0.39 is 5.54 Å². The highest BCUT2D eigenvalue weighted by atomic mass is 35.5. The molecule has 1 unspecified atom stereocenters. The zero-order valence-corrected chi connectivity index (χ0v) is 15.2. The summed E-state index contributed by atoms with van der Waals surface area (Å²) in [5.41, 5.74) is 17.4. The Hall–Kier alpha value is -1.94. The van der Waals surface area contributed by atoms with Crippen molar-refractivity contribution in [2.75, 3.05) is 6.54 Å². The SMILES string of the molecule is NCC1=C(N)NC23C=CC=CC2=CCCC3=C1c1ccc(Cl)cc1Cl. The summed E-state index contributed by atoms with van der Waals surface area (Å²) in [6.45, 7) is 0.339. The van der Waals surface area contributed by atoms with Crippen molar-refractivity contribution in [2.45, 2.75) is 18.4 Å². The highest BCUT2D eigenvalue weighted by Gasteiger charge is 2.43. The number of allylic oxidation sites excluding steroid dienone is 3. The van der Waals surface area contributed by atoms with Crippen molar-refractivity contribution < 1.29 is 0 Å². The van der Waals surface area contributed by atoms with Gasteiger partial charge in [-0.2, -0.15) is 0 Å². The van der Waals surface area contributed by atoms with Gasteiger partial charge in [0, 0.05) is 27.7 Å². The van der Waals surface area contributed by atoms with E-state index in [1.807, 2.05) is 12.1 Å². The summed E-state index contributed by atoms with van der Waals surface area (Å²) in [5.74, 6) is 0.597. The van der Waals surface area contributed by atoms with Gasteiger partial charge in [-0.05, 0) is 41.7 Å². The first-order valence-electron chi connectivity index (χ1n) is 8.29. The molecule has 1 heterocycles. The van der Waals surface area contributed by atoms with Gasteiger partial charge >= 0.3 is 0 Å². The van der Waals surface area contributed by atoms with Crippen LogP contribution in [0.1, 0.15) is 18.4 Å². The number of benzene rings is 1. The minimum Gasteiger partial charge on any atom is -0.385 e. The monoisotopic (exact) mass is 371 g/mol. The number of halogens is 2. The quantitative estimate of drug-likeness (QED) is 0.734. The average molecular weight is 372 g/mol. The third-order valence-corrected chi connectivity index (χ3v) is 5.64. The molecule has 1 atom stereocenters. The van der Waals surface area contributed by atoms with E-state index in [9.17, 15) is 0 Å². The van der Waals surface area contributed by atoms with E-state index in [4.69, 9.17) is 34.7 Å². The molecule has 128 valence electrons. The normalized spacial score (nSPS) is 24.7. The fourth-order valence-electron chi connectivity index (χ4n) is 4.01. The molecule has 0 amide bonds. The fraction of sp³-hybridized carbons (Fsp3) is 0.200. The second kappa shape index (κ2) is 6.10. The Morgan fingerprint density at radius 1 is 1.20 bits per heavy atom. The minimum absolute atomic E-state index is 0.339. The van der Waals surface area contributed by atoms with Crippen LogP contribution in [-0.2, 0) is 0 Å². The molecule has 3 nitrogen and oxygen atoms in total. The van der Waals surface area contributed by atoms with Crippen LogP contribution in [0.25, 0.3) is 5.57 Å². The van der Waals surface area contributed by atoms with Crippen LogP contribution in [0.15, 0.2) is 71.1 Å². The van der Waals surface area contributed by atoms with E-state index >= 15 is 0 Å². The maximum absolute atomic E-state index is 6.55. The smallest absolute Gasteiger partial charge is 0.105 e. The lowest BCUT2D eigenvalue weighted by molar-refractivity contribution is 0.538. The van der Waals surface area contributed by atoms with Gasteiger partial charge in [0.25, 0.3) is 0 Å². The molecule has 5 heteroatoms. The third-order valence-electron chi connectivity index (χ3n) is 5.09. The van der Waals surface area contributed by atoms with Gasteiger partial charge in [-0.25, -0.2) is 0 Å². The number of hydrogen-bond donors (Lipinski definition) is 3. The molecule has 1 spiro atoms. The van der Waals surface area contributed by atoms with Gasteiger partial charge in [-0.15, -0.1) is 0 Å². The van der Waals surface area contributed by atoms with Crippen LogP contribution in [-0.4, -0.2) is 12.1 Å². The van der Waals surface area contributed by atoms with Gasteiger partial charge in [-0.3, -0.25) is 0 Å². The van der Waals surface area contributed by atoms with Gasteiger partial charge in [0.05, 0.1) is 0 Å². The maximum Gasteiger partial charge on any atom is 0.105 e. The van der Waals surface area contributed by atoms with Crippen LogP contribution in [0.3, 0.4) is 0 Å². The summed E-state index contributed by atoms with van der Waals surface area (Å²) in [6.07, 6.45) is 12.6. The van der Waals surface area contributed by atoms with Crippen LogP contribution in [0.4, 0.5) is 0 Å². The average Bonchev–Trinajstić information content (AvgIpc) is 2.59. The van der Waals surface area contributed by atoms with E-state index in [0.717, 1.165) is 29.6 Å². The molecule has 0 saturated carbocycles. The van der Waals surface area contributed by atoms with Gasteiger partial charge in [0.15, 0.2) is 0 Å². The summed E-state index contributed by atoms with van der Waals surface area (Å²) in [4.78, 5) is 0. The molecule has 1 aromatic rings. The van der Waals surface area contributed by atoms with Crippen LogP contribution in [0, 0.1) is 0 Å². The van der Waals surface area contributed by atoms with Gasteiger partial charge in [0.1, 0.15) is 11.4 Å². The lowest BCUT2D eigenvalue weighted by Crippen LogP contribution is -2.53. The number of nitrogens with one attached hydrogen (secondary N) is 1. The highest BCUT2D eigenvalue weighted by Crippen LogP contribution is 2.48. The summed E-state index contributed by atoms with van der Waals surface area (Å²) < 4.78 is 0. The second-order valence-electron chi connectivity index (χ2n) is 6.42. The molecular weight excluding hydrogens is 353 g/mol. The predicted molar refractivity (Wildman–Crippen MR) is 105 cm³/mol. The van der Waals surface area contributed by atoms with Crippen molar-refractivity contribution in [3.05, 3.63) is 86.7 Å². The van der Waals surface area contributed by atoms with Crippen LogP contribution >= 0.6 is 23.2 Å². The Labute approximate surface area is 157 Å². The number of hydrogen-bond acceptors (Lipinski definition) is 3. The van der Waals surface area contributed by atoms with Crippen molar-refractivity contribution in [2.24, 2.45) is 11.5 Å². The zero-order valence-electron chi connectivity index (χ0n) is 13.7. The van der Waals surface area contributed by atoms with Crippen molar-refractivity contribution in [1.29, 1.82) is 0 Å². The van der Waals surface area contributed by atoms with Crippen molar-refractivity contribution in [3.8, 4) is 0 Å². The molecular formula is C20H19Cl2N3.